The molecule has 0 spiro atoms. The van der Waals surface area contributed by atoms with Crippen LogP contribution in [0.15, 0.2) is 48.7 Å². The summed E-state index contributed by atoms with van der Waals surface area (Å²) in [5.74, 6) is 2.15. The van der Waals surface area contributed by atoms with E-state index in [0.717, 1.165) is 57.1 Å². The number of rotatable bonds is 5. The summed E-state index contributed by atoms with van der Waals surface area (Å²) in [5, 5.41) is 0. The van der Waals surface area contributed by atoms with Gasteiger partial charge in [0.1, 0.15) is 11.6 Å². The highest BCUT2D eigenvalue weighted by molar-refractivity contribution is 5.72. The SMILES string of the molecule is COc1cccc2c1CCCC2=CCCN1CCN(c2ccccn2)CC1. The maximum atomic E-state index is 5.56. The van der Waals surface area contributed by atoms with E-state index in [4.69, 9.17) is 4.74 Å². The summed E-state index contributed by atoms with van der Waals surface area (Å²) in [6.07, 6.45) is 9.00. The maximum Gasteiger partial charge on any atom is 0.128 e. The van der Waals surface area contributed by atoms with Crippen molar-refractivity contribution in [2.45, 2.75) is 25.7 Å². The molecule has 1 saturated heterocycles. The number of hydrogen-bond acceptors (Lipinski definition) is 4. The van der Waals surface area contributed by atoms with Gasteiger partial charge in [0.2, 0.25) is 0 Å². The lowest BCUT2D eigenvalue weighted by atomic mass is 9.86. The van der Waals surface area contributed by atoms with Gasteiger partial charge in [-0.2, -0.15) is 0 Å². The van der Waals surface area contributed by atoms with Crippen molar-refractivity contribution in [3.63, 3.8) is 0 Å². The number of aromatic nitrogens is 1. The van der Waals surface area contributed by atoms with Crippen molar-refractivity contribution < 1.29 is 4.74 Å². The van der Waals surface area contributed by atoms with E-state index >= 15 is 0 Å². The smallest absolute Gasteiger partial charge is 0.128 e. The number of hydrogen-bond donors (Lipinski definition) is 0. The lowest BCUT2D eigenvalue weighted by Crippen LogP contribution is -2.46. The van der Waals surface area contributed by atoms with Crippen LogP contribution in [0.1, 0.15) is 30.4 Å². The van der Waals surface area contributed by atoms with E-state index < -0.39 is 0 Å². The minimum absolute atomic E-state index is 1.05. The van der Waals surface area contributed by atoms with Gasteiger partial charge in [-0.1, -0.05) is 24.3 Å². The van der Waals surface area contributed by atoms with Crippen LogP contribution in [0.25, 0.3) is 5.57 Å². The topological polar surface area (TPSA) is 28.6 Å². The number of anilines is 1. The summed E-state index contributed by atoms with van der Waals surface area (Å²) < 4.78 is 5.56. The predicted molar refractivity (Wildman–Crippen MR) is 111 cm³/mol. The molecule has 1 aliphatic carbocycles. The monoisotopic (exact) mass is 363 g/mol. The van der Waals surface area contributed by atoms with E-state index in [2.05, 4.69) is 51.2 Å². The lowest BCUT2D eigenvalue weighted by Gasteiger charge is -2.35. The van der Waals surface area contributed by atoms with E-state index in [1.807, 2.05) is 12.3 Å². The van der Waals surface area contributed by atoms with E-state index in [1.54, 1.807) is 7.11 Å². The number of fused-ring (bicyclic) bond motifs is 1. The molecule has 4 nitrogen and oxygen atoms in total. The zero-order valence-corrected chi connectivity index (χ0v) is 16.2. The van der Waals surface area contributed by atoms with Crippen LogP contribution in [0.3, 0.4) is 0 Å². The number of piperazine rings is 1. The Balaban J connectivity index is 1.32. The quantitative estimate of drug-likeness (QED) is 0.802. The van der Waals surface area contributed by atoms with Crippen LogP contribution >= 0.6 is 0 Å². The van der Waals surface area contributed by atoms with Crippen molar-refractivity contribution in [1.29, 1.82) is 0 Å². The Kier molecular flexibility index (Phi) is 5.73. The highest BCUT2D eigenvalue weighted by Crippen LogP contribution is 2.36. The minimum atomic E-state index is 1.05. The summed E-state index contributed by atoms with van der Waals surface area (Å²) in [4.78, 5) is 9.44. The van der Waals surface area contributed by atoms with Crippen molar-refractivity contribution in [3.05, 3.63) is 59.8 Å². The molecule has 1 fully saturated rings. The van der Waals surface area contributed by atoms with Crippen molar-refractivity contribution in [2.24, 2.45) is 0 Å². The predicted octanol–water partition coefficient (Wildman–Crippen LogP) is 4.02. The van der Waals surface area contributed by atoms with Gasteiger partial charge in [-0.3, -0.25) is 4.90 Å². The molecule has 0 saturated carbocycles. The van der Waals surface area contributed by atoms with Gasteiger partial charge in [-0.25, -0.2) is 4.98 Å². The Bertz CT molecular complexity index is 779. The van der Waals surface area contributed by atoms with Gasteiger partial charge in [-0.05, 0) is 55.0 Å². The Morgan fingerprint density at radius 3 is 2.70 bits per heavy atom. The number of nitrogens with zero attached hydrogens (tertiary/aromatic N) is 3. The van der Waals surface area contributed by atoms with Crippen LogP contribution in [0.2, 0.25) is 0 Å². The second-order valence-corrected chi connectivity index (χ2v) is 7.37. The van der Waals surface area contributed by atoms with Gasteiger partial charge in [-0.15, -0.1) is 0 Å². The lowest BCUT2D eigenvalue weighted by molar-refractivity contribution is 0.262. The van der Waals surface area contributed by atoms with Crippen molar-refractivity contribution in [1.82, 2.24) is 9.88 Å². The van der Waals surface area contributed by atoms with E-state index in [9.17, 15) is 0 Å². The molecule has 2 aliphatic rings. The standard InChI is InChI=1S/C23H29N3O/c1-27-22-11-5-9-20-19(7-4-10-21(20)22)8-6-14-25-15-17-26(18-16-25)23-12-2-3-13-24-23/h2-3,5,8-9,11-13H,4,6-7,10,14-18H2,1H3. The Morgan fingerprint density at radius 2 is 1.93 bits per heavy atom. The first-order chi connectivity index (χ1) is 13.3. The third kappa shape index (κ3) is 4.16. The van der Waals surface area contributed by atoms with Crippen molar-refractivity contribution >= 4 is 11.4 Å². The van der Waals surface area contributed by atoms with Gasteiger partial charge in [0, 0.05) is 44.5 Å². The van der Waals surface area contributed by atoms with Crippen LogP contribution in [0, 0.1) is 0 Å². The molecule has 27 heavy (non-hydrogen) atoms. The summed E-state index contributed by atoms with van der Waals surface area (Å²) >= 11 is 0. The van der Waals surface area contributed by atoms with E-state index in [0.29, 0.717) is 0 Å². The number of allylic oxidation sites excluding steroid dienone is 1. The number of ether oxygens (including phenoxy) is 1. The highest BCUT2D eigenvalue weighted by atomic mass is 16.5. The fourth-order valence-electron chi connectivity index (χ4n) is 4.28. The molecule has 0 amide bonds. The molecule has 4 heteroatoms. The number of benzene rings is 1. The summed E-state index contributed by atoms with van der Waals surface area (Å²) in [6.45, 7) is 5.49. The highest BCUT2D eigenvalue weighted by Gasteiger charge is 2.19. The van der Waals surface area contributed by atoms with Crippen molar-refractivity contribution in [3.8, 4) is 5.75 Å². The van der Waals surface area contributed by atoms with E-state index in [-0.39, 0.29) is 0 Å². The fraction of sp³-hybridized carbons (Fsp3) is 0.435. The molecular weight excluding hydrogens is 334 g/mol. The first kappa shape index (κ1) is 18.1. The van der Waals surface area contributed by atoms with Gasteiger partial charge in [0.05, 0.1) is 7.11 Å². The van der Waals surface area contributed by atoms with Gasteiger partial charge in [0.15, 0.2) is 0 Å². The van der Waals surface area contributed by atoms with Crippen molar-refractivity contribution in [2.75, 3.05) is 44.7 Å². The summed E-state index contributed by atoms with van der Waals surface area (Å²) in [7, 11) is 1.78. The molecule has 0 bridgehead atoms. The summed E-state index contributed by atoms with van der Waals surface area (Å²) in [6, 6.07) is 12.6. The number of methoxy groups -OCH3 is 1. The van der Waals surface area contributed by atoms with Gasteiger partial charge >= 0.3 is 0 Å². The molecule has 0 N–H and O–H groups in total. The molecule has 1 aromatic heterocycles. The molecular formula is C23H29N3O. The van der Waals surface area contributed by atoms with Crippen LogP contribution in [-0.2, 0) is 6.42 Å². The van der Waals surface area contributed by atoms with Crippen LogP contribution in [0.4, 0.5) is 5.82 Å². The first-order valence-electron chi connectivity index (χ1n) is 10.1. The minimum Gasteiger partial charge on any atom is -0.496 e. The summed E-state index contributed by atoms with van der Waals surface area (Å²) in [5.41, 5.74) is 4.30. The Hall–Kier alpha value is -2.33. The molecule has 2 aromatic rings. The fourth-order valence-corrected chi connectivity index (χ4v) is 4.28. The third-order valence-corrected chi connectivity index (χ3v) is 5.75. The molecule has 0 atom stereocenters. The molecule has 1 aromatic carbocycles. The first-order valence-corrected chi connectivity index (χ1v) is 10.1. The largest absolute Gasteiger partial charge is 0.496 e. The zero-order valence-electron chi connectivity index (χ0n) is 16.2. The average Bonchev–Trinajstić information content (AvgIpc) is 2.74. The normalized spacial score (nSPS) is 19.1. The molecule has 2 heterocycles. The van der Waals surface area contributed by atoms with Crippen LogP contribution < -0.4 is 9.64 Å². The van der Waals surface area contributed by atoms with E-state index in [1.165, 1.54) is 29.5 Å². The molecule has 4 rings (SSSR count). The second kappa shape index (κ2) is 8.57. The second-order valence-electron chi connectivity index (χ2n) is 7.37. The van der Waals surface area contributed by atoms with Crippen LogP contribution in [-0.4, -0.2) is 49.7 Å². The third-order valence-electron chi connectivity index (χ3n) is 5.75. The Morgan fingerprint density at radius 1 is 1.04 bits per heavy atom. The molecule has 142 valence electrons. The van der Waals surface area contributed by atoms with Gasteiger partial charge < -0.3 is 9.64 Å². The molecule has 0 radical (unpaired) electrons. The molecule has 1 aliphatic heterocycles. The van der Waals surface area contributed by atoms with Gasteiger partial charge in [0.25, 0.3) is 0 Å². The zero-order chi connectivity index (χ0) is 18.5. The number of pyridine rings is 1. The van der Waals surface area contributed by atoms with Crippen LogP contribution in [0.5, 0.6) is 5.75 Å². The maximum absolute atomic E-state index is 5.56. The molecule has 0 unspecified atom stereocenters. The Labute approximate surface area is 162 Å². The average molecular weight is 364 g/mol.